The first-order chi connectivity index (χ1) is 19.4. The Morgan fingerprint density at radius 2 is 2.05 bits per heavy atom. The number of aliphatic hydroxyl groups excluding tert-OH is 1. The van der Waals surface area contributed by atoms with E-state index in [2.05, 4.69) is 31.9 Å². The second-order valence-electron chi connectivity index (χ2n) is 9.54. The van der Waals surface area contributed by atoms with Crippen LogP contribution in [-0.2, 0) is 23.4 Å². The lowest BCUT2D eigenvalue weighted by molar-refractivity contribution is -0.149. The monoisotopic (exact) mass is 609 g/mol. The fraction of sp³-hybridized carbons (Fsp3) is 0.440. The Bertz CT molecular complexity index is 1440. The van der Waals surface area contributed by atoms with Gasteiger partial charge in [0, 0.05) is 7.05 Å². The minimum atomic E-state index is -4.24. The van der Waals surface area contributed by atoms with Crippen LogP contribution in [0.4, 0.5) is 11.8 Å². The van der Waals surface area contributed by atoms with Gasteiger partial charge in [-0.3, -0.25) is 13.9 Å². The van der Waals surface area contributed by atoms with Gasteiger partial charge in [0.05, 0.1) is 19.0 Å². The molecule has 41 heavy (non-hydrogen) atoms. The molecule has 0 aliphatic carbocycles. The van der Waals surface area contributed by atoms with Crippen molar-refractivity contribution in [3.63, 3.8) is 0 Å². The molecule has 1 aliphatic rings. The number of nitrogens with zero attached hydrogens (tertiary/aromatic N) is 4. The van der Waals surface area contributed by atoms with Gasteiger partial charge in [-0.05, 0) is 32.9 Å². The van der Waals surface area contributed by atoms with E-state index in [0.29, 0.717) is 17.0 Å². The summed E-state index contributed by atoms with van der Waals surface area (Å²) in [5.74, 6) is -0.0632. The van der Waals surface area contributed by atoms with E-state index in [4.69, 9.17) is 35.9 Å². The zero-order valence-corrected chi connectivity index (χ0v) is 24.6. The minimum absolute atomic E-state index is 0.0176. The minimum Gasteiger partial charge on any atom is -0.462 e. The molecule has 2 aromatic heterocycles. The molecule has 4 rings (SSSR count). The van der Waals surface area contributed by atoms with Crippen molar-refractivity contribution < 1.29 is 33.0 Å². The van der Waals surface area contributed by atoms with Crippen molar-refractivity contribution in [1.29, 1.82) is 0 Å². The number of halogens is 1. The molecule has 5 N–H and O–H groups in total. The fourth-order valence-electron chi connectivity index (χ4n) is 4.19. The number of imidazole rings is 1. The van der Waals surface area contributed by atoms with Crippen molar-refractivity contribution in [2.75, 3.05) is 24.7 Å². The molecule has 0 spiro atoms. The van der Waals surface area contributed by atoms with Crippen LogP contribution in [0, 0.1) is 0 Å². The molecule has 3 aromatic rings. The highest BCUT2D eigenvalue weighted by molar-refractivity contribution is 7.52. The number of aliphatic hydroxyl groups is 1. The number of fused-ring (bicyclic) bond motifs is 1. The third-order valence-corrected chi connectivity index (χ3v) is 8.37. The highest BCUT2D eigenvalue weighted by atomic mass is 35.5. The number of esters is 1. The summed E-state index contributed by atoms with van der Waals surface area (Å²) in [6.07, 6.45) is -1.21. The number of rotatable bonds is 12. The fourth-order valence-corrected chi connectivity index (χ4v) is 5.99. The number of para-hydroxylation sites is 1. The van der Waals surface area contributed by atoms with E-state index < -0.39 is 49.7 Å². The number of carbonyl (C=O) groups excluding carboxylic acids is 1. The highest BCUT2D eigenvalue weighted by Crippen LogP contribution is 2.49. The van der Waals surface area contributed by atoms with Gasteiger partial charge >= 0.3 is 13.7 Å². The van der Waals surface area contributed by atoms with E-state index in [1.165, 1.54) is 23.9 Å². The number of benzene rings is 1. The lowest BCUT2D eigenvalue weighted by atomic mass is 9.99. The normalized spacial score (nSPS) is 24.6. The number of nitrogens with two attached hydrogens (primary N) is 1. The summed E-state index contributed by atoms with van der Waals surface area (Å²) in [7, 11) is -2.58. The molecule has 16 heteroatoms. The van der Waals surface area contributed by atoms with Crippen LogP contribution in [0.25, 0.3) is 11.2 Å². The number of nitrogen functional groups attached to an aromatic ring is 1. The third kappa shape index (κ3) is 6.48. The number of alkyl halides is 1. The maximum Gasteiger partial charge on any atom is 0.459 e. The topological polar surface area (TPSA) is 185 Å². The van der Waals surface area contributed by atoms with Gasteiger partial charge < -0.3 is 30.2 Å². The SMILES string of the molecule is C=C[C@@]1(Cl)[C@H](O)[C@@H](CO[P@](=O)(N[C@@H](C)C(=O)OC(C)C)Oc2ccccc2)O[C@H]1n1cnc2c(NC)nc(N)nc21. The average Bonchev–Trinajstić information content (AvgIpc) is 3.45. The molecule has 6 atom stereocenters. The first-order valence-electron chi connectivity index (χ1n) is 12.7. The predicted octanol–water partition coefficient (Wildman–Crippen LogP) is 3.01. The van der Waals surface area contributed by atoms with E-state index in [1.807, 2.05) is 0 Å². The molecule has 0 bridgehead atoms. The van der Waals surface area contributed by atoms with Crippen molar-refractivity contribution in [3.8, 4) is 5.75 Å². The number of anilines is 2. The van der Waals surface area contributed by atoms with Crippen LogP contribution < -0.4 is 20.7 Å². The molecular formula is C25H33ClN7O7P. The molecule has 1 fully saturated rings. The van der Waals surface area contributed by atoms with Crippen molar-refractivity contribution in [2.24, 2.45) is 0 Å². The standard InChI is InChI=1S/C25H33ClN7O7P/c1-6-25(26)19(34)17(39-23(25)33-13-29-18-20(28-5)30-24(27)31-21(18)33)12-37-41(36,40-16-10-8-7-9-11-16)32-15(4)22(35)38-14(2)3/h6-11,13-15,17,19,23,34H,1,12H2,2-5H3,(H,32,36)(H3,27,28,30,31)/t15-,17+,19+,23+,25+,41+/m0/s1. The van der Waals surface area contributed by atoms with Gasteiger partial charge in [0.1, 0.15) is 28.9 Å². The third-order valence-electron chi connectivity index (χ3n) is 6.16. The number of ether oxygens (including phenoxy) is 2. The van der Waals surface area contributed by atoms with E-state index in [9.17, 15) is 14.5 Å². The van der Waals surface area contributed by atoms with Crippen LogP contribution >= 0.6 is 19.3 Å². The van der Waals surface area contributed by atoms with Crippen molar-refractivity contribution in [1.82, 2.24) is 24.6 Å². The van der Waals surface area contributed by atoms with Gasteiger partial charge in [-0.15, -0.1) is 18.2 Å². The van der Waals surface area contributed by atoms with Crippen LogP contribution in [-0.4, -0.2) is 73.5 Å². The van der Waals surface area contributed by atoms with Gasteiger partial charge in [-0.2, -0.15) is 15.1 Å². The zero-order valence-electron chi connectivity index (χ0n) is 22.9. The number of nitrogens with one attached hydrogen (secondary N) is 2. The van der Waals surface area contributed by atoms with Crippen LogP contribution in [0.5, 0.6) is 5.75 Å². The quantitative estimate of drug-likeness (QED) is 0.102. The van der Waals surface area contributed by atoms with E-state index >= 15 is 0 Å². The van der Waals surface area contributed by atoms with E-state index in [0.717, 1.165) is 0 Å². The maximum atomic E-state index is 13.9. The number of aromatic nitrogens is 4. The van der Waals surface area contributed by atoms with Gasteiger partial charge in [-0.25, -0.2) is 9.55 Å². The van der Waals surface area contributed by atoms with Crippen LogP contribution in [0.3, 0.4) is 0 Å². The number of hydrogen-bond acceptors (Lipinski definition) is 12. The summed E-state index contributed by atoms with van der Waals surface area (Å²) in [6.45, 7) is 8.18. The predicted molar refractivity (Wildman–Crippen MR) is 152 cm³/mol. The van der Waals surface area contributed by atoms with Crippen molar-refractivity contribution in [3.05, 3.63) is 49.3 Å². The molecule has 1 saturated heterocycles. The van der Waals surface area contributed by atoms with Gasteiger partial charge in [0.25, 0.3) is 0 Å². The Balaban J connectivity index is 1.59. The lowest BCUT2D eigenvalue weighted by Gasteiger charge is -2.27. The number of hydrogen-bond donors (Lipinski definition) is 4. The largest absolute Gasteiger partial charge is 0.462 e. The first-order valence-corrected chi connectivity index (χ1v) is 14.6. The summed E-state index contributed by atoms with van der Waals surface area (Å²) in [5, 5.41) is 16.7. The summed E-state index contributed by atoms with van der Waals surface area (Å²) in [6, 6.07) is 7.21. The molecule has 0 radical (unpaired) electrons. The molecule has 3 heterocycles. The van der Waals surface area contributed by atoms with Crippen LogP contribution in [0.2, 0.25) is 0 Å². The molecule has 0 unspecified atom stereocenters. The molecule has 0 saturated carbocycles. The molecule has 1 aromatic carbocycles. The van der Waals surface area contributed by atoms with E-state index in [1.54, 1.807) is 51.2 Å². The summed E-state index contributed by atoms with van der Waals surface area (Å²) in [5.41, 5.74) is 6.57. The summed E-state index contributed by atoms with van der Waals surface area (Å²) in [4.78, 5) is 23.6. The van der Waals surface area contributed by atoms with Gasteiger partial charge in [0.2, 0.25) is 5.95 Å². The maximum absolute atomic E-state index is 13.9. The van der Waals surface area contributed by atoms with Crippen LogP contribution in [0.1, 0.15) is 27.0 Å². The van der Waals surface area contributed by atoms with E-state index in [-0.39, 0.29) is 17.8 Å². The Morgan fingerprint density at radius 1 is 1.34 bits per heavy atom. The molecule has 14 nitrogen and oxygen atoms in total. The van der Waals surface area contributed by atoms with Gasteiger partial charge in [0.15, 0.2) is 23.2 Å². The van der Waals surface area contributed by atoms with Crippen LogP contribution in [0.15, 0.2) is 49.3 Å². The van der Waals surface area contributed by atoms with Crippen molar-refractivity contribution in [2.45, 2.75) is 56.2 Å². The smallest absolute Gasteiger partial charge is 0.459 e. The molecule has 0 amide bonds. The first kappa shape index (κ1) is 30.7. The highest BCUT2D eigenvalue weighted by Gasteiger charge is 2.55. The van der Waals surface area contributed by atoms with Crippen molar-refractivity contribution >= 4 is 48.2 Å². The summed E-state index contributed by atoms with van der Waals surface area (Å²) >= 11 is 6.86. The second kappa shape index (κ2) is 12.3. The Labute approximate surface area is 241 Å². The lowest BCUT2D eigenvalue weighted by Crippen LogP contribution is -2.41. The summed E-state index contributed by atoms with van der Waals surface area (Å²) < 4.78 is 38.1. The Kier molecular flexibility index (Phi) is 9.22. The Hall–Kier alpha value is -3.26. The zero-order chi connectivity index (χ0) is 29.9. The molecule has 1 aliphatic heterocycles. The van der Waals surface area contributed by atoms with Gasteiger partial charge in [-0.1, -0.05) is 24.3 Å². The molecule has 222 valence electrons. The number of carbonyl (C=O) groups is 1. The second-order valence-corrected chi connectivity index (χ2v) is 11.9. The average molecular weight is 610 g/mol. The Morgan fingerprint density at radius 3 is 2.68 bits per heavy atom. The molecular weight excluding hydrogens is 577 g/mol.